The monoisotopic (exact) mass is 631 g/mol. The van der Waals surface area contributed by atoms with E-state index in [0.717, 1.165) is 36.5 Å². The normalized spacial score (nSPS) is 16.6. The summed E-state index contributed by atoms with van der Waals surface area (Å²) in [5.41, 5.74) is 4.70. The number of hydrogen-bond donors (Lipinski definition) is 2. The molecule has 2 aliphatic rings. The summed E-state index contributed by atoms with van der Waals surface area (Å²) in [6.45, 7) is 3.69. The predicted octanol–water partition coefficient (Wildman–Crippen LogP) is 5.84. The third kappa shape index (κ3) is 5.46. The lowest BCUT2D eigenvalue weighted by Gasteiger charge is -2.22. The van der Waals surface area contributed by atoms with E-state index >= 15 is 0 Å². The zero-order valence-corrected chi connectivity index (χ0v) is 24.7. The van der Waals surface area contributed by atoms with Crippen molar-refractivity contribution in [2.24, 2.45) is 0 Å². The van der Waals surface area contributed by atoms with Crippen LogP contribution in [0.5, 0.6) is 5.75 Å². The summed E-state index contributed by atoms with van der Waals surface area (Å²) in [5, 5.41) is 21.0. The Hall–Kier alpha value is -3.76. The van der Waals surface area contributed by atoms with E-state index in [2.05, 4.69) is 57.8 Å². The number of aryl methyl sites for hydroxylation is 1. The van der Waals surface area contributed by atoms with E-state index in [1.54, 1.807) is 23.5 Å². The molecule has 208 valence electrons. The minimum atomic E-state index is -0.243. The summed E-state index contributed by atoms with van der Waals surface area (Å²) in [4.78, 5) is 15.3. The molecule has 7 nitrogen and oxygen atoms in total. The average Bonchev–Trinajstić information content (AvgIpc) is 3.49. The summed E-state index contributed by atoms with van der Waals surface area (Å²) in [6.07, 6.45) is 3.37. The van der Waals surface area contributed by atoms with Gasteiger partial charge in [-0.05, 0) is 36.8 Å². The van der Waals surface area contributed by atoms with Crippen LogP contribution in [0, 0.1) is 6.92 Å². The van der Waals surface area contributed by atoms with Crippen LogP contribution < -0.4 is 14.2 Å². The topological polar surface area (TPSA) is 83.1 Å². The van der Waals surface area contributed by atoms with Crippen LogP contribution in [0.1, 0.15) is 16.1 Å². The van der Waals surface area contributed by atoms with E-state index in [0.29, 0.717) is 31.3 Å². The number of nitrogens with zero attached hydrogens (tertiary/aromatic N) is 2. The molecule has 6 rings (SSSR count). The van der Waals surface area contributed by atoms with Crippen molar-refractivity contribution in [1.82, 2.24) is 0 Å². The van der Waals surface area contributed by atoms with Gasteiger partial charge in [0.25, 0.3) is 5.01 Å². The number of fused-ring (bicyclic) bond motifs is 2. The van der Waals surface area contributed by atoms with E-state index in [1.165, 1.54) is 0 Å². The van der Waals surface area contributed by atoms with E-state index in [9.17, 15) is 9.90 Å². The van der Waals surface area contributed by atoms with Gasteiger partial charge in [-0.3, -0.25) is 4.79 Å². The molecule has 3 aromatic carbocycles. The molecular weight excluding hydrogens is 604 g/mol. The van der Waals surface area contributed by atoms with Crippen LogP contribution in [-0.4, -0.2) is 42.4 Å². The maximum atomic E-state index is 13.4. The summed E-state index contributed by atoms with van der Waals surface area (Å²) in [7, 11) is 0. The fraction of sp³-hybridized carbons (Fsp3) is 0.188. The third-order valence-corrected chi connectivity index (χ3v) is 8.58. The highest BCUT2D eigenvalue weighted by atomic mass is 79.9. The highest BCUT2D eigenvalue weighted by molar-refractivity contribution is 9.10. The summed E-state index contributed by atoms with van der Waals surface area (Å²) >= 11 is 5.07. The fourth-order valence-electron chi connectivity index (χ4n) is 4.95. The maximum Gasteiger partial charge on any atom is 0.263 e. The van der Waals surface area contributed by atoms with Crippen LogP contribution in [0.2, 0.25) is 0 Å². The molecule has 1 aliphatic heterocycles. The summed E-state index contributed by atoms with van der Waals surface area (Å²) in [5.74, 6) is 0.765. The Bertz CT molecular complexity index is 1740. The summed E-state index contributed by atoms with van der Waals surface area (Å²) in [6, 6.07) is 22.2. The van der Waals surface area contributed by atoms with Gasteiger partial charge in [0.05, 0.1) is 36.7 Å². The molecule has 0 radical (unpaired) electrons. The SMILES string of the molecule is Cc1ccc2c(c1)sc(/C=C1/C(=O)C(/C=C3/Oc4cc(Br)ccc4N3CCOCCO)=C1O)[n+]2Cc1ccccc1. The molecular formula is C32H28BrN2O5S+. The number of aliphatic hydroxyl groups is 2. The van der Waals surface area contributed by atoms with E-state index < -0.39 is 0 Å². The molecule has 0 saturated heterocycles. The lowest BCUT2D eigenvalue weighted by Crippen LogP contribution is -2.36. The molecule has 1 aromatic heterocycles. The Labute approximate surface area is 250 Å². The average molecular weight is 633 g/mol. The van der Waals surface area contributed by atoms with Crippen LogP contribution in [0.4, 0.5) is 5.69 Å². The zero-order valence-electron chi connectivity index (χ0n) is 22.3. The number of Topliss-reactive ketones (excluding diaryl/α,β-unsaturated/α-hetero) is 1. The highest BCUT2D eigenvalue weighted by Crippen LogP contribution is 2.42. The van der Waals surface area contributed by atoms with Crippen molar-refractivity contribution in [3.05, 3.63) is 116 Å². The second-order valence-electron chi connectivity index (χ2n) is 9.82. The first-order chi connectivity index (χ1) is 19.9. The van der Waals surface area contributed by atoms with Crippen molar-refractivity contribution < 1.29 is 29.0 Å². The number of carbonyl (C=O) groups is 1. The minimum Gasteiger partial charge on any atom is -0.506 e. The number of anilines is 1. The Kier molecular flexibility index (Phi) is 7.77. The summed E-state index contributed by atoms with van der Waals surface area (Å²) < 4.78 is 15.7. The number of hydrogen-bond acceptors (Lipinski definition) is 7. The number of benzene rings is 3. The quantitative estimate of drug-likeness (QED) is 0.137. The van der Waals surface area contributed by atoms with Gasteiger partial charge in [-0.25, -0.2) is 0 Å². The molecule has 9 heteroatoms. The number of carbonyl (C=O) groups excluding carboxylic acids is 1. The van der Waals surface area contributed by atoms with Gasteiger partial charge in [-0.15, -0.1) is 0 Å². The smallest absolute Gasteiger partial charge is 0.263 e. The molecule has 2 N–H and O–H groups in total. The fourth-order valence-corrected chi connectivity index (χ4v) is 6.49. The van der Waals surface area contributed by atoms with Crippen molar-refractivity contribution in [2.45, 2.75) is 13.5 Å². The van der Waals surface area contributed by atoms with Crippen LogP contribution in [0.15, 0.2) is 100 Å². The first kappa shape index (κ1) is 27.4. The van der Waals surface area contributed by atoms with Crippen LogP contribution in [0.25, 0.3) is 16.3 Å². The van der Waals surface area contributed by atoms with Gasteiger partial charge in [-0.1, -0.05) is 63.7 Å². The van der Waals surface area contributed by atoms with Crippen molar-refractivity contribution in [3.8, 4) is 5.75 Å². The van der Waals surface area contributed by atoms with Gasteiger partial charge in [0.2, 0.25) is 17.2 Å². The first-order valence-electron chi connectivity index (χ1n) is 13.2. The minimum absolute atomic E-state index is 0.0559. The Balaban J connectivity index is 1.34. The van der Waals surface area contributed by atoms with Gasteiger partial charge in [0, 0.05) is 34.8 Å². The largest absolute Gasteiger partial charge is 0.506 e. The van der Waals surface area contributed by atoms with Crippen molar-refractivity contribution in [2.75, 3.05) is 31.3 Å². The molecule has 0 amide bonds. The molecule has 0 spiro atoms. The molecule has 1 aliphatic carbocycles. The van der Waals surface area contributed by atoms with Crippen LogP contribution in [-0.2, 0) is 16.1 Å². The number of halogens is 1. The van der Waals surface area contributed by atoms with E-state index in [1.807, 2.05) is 41.3 Å². The molecule has 0 saturated carbocycles. The maximum absolute atomic E-state index is 13.4. The second kappa shape index (κ2) is 11.6. The first-order valence-corrected chi connectivity index (χ1v) is 14.9. The predicted molar refractivity (Wildman–Crippen MR) is 163 cm³/mol. The Morgan fingerprint density at radius 3 is 2.68 bits per heavy atom. The molecule has 0 unspecified atom stereocenters. The molecule has 0 bridgehead atoms. The second-order valence-corrected chi connectivity index (χ2v) is 11.8. The van der Waals surface area contributed by atoms with E-state index in [4.69, 9.17) is 14.6 Å². The third-order valence-electron chi connectivity index (χ3n) is 6.99. The number of allylic oxidation sites excluding steroid dienone is 3. The van der Waals surface area contributed by atoms with Gasteiger partial charge in [0.1, 0.15) is 10.5 Å². The lowest BCUT2D eigenvalue weighted by molar-refractivity contribution is -0.659. The van der Waals surface area contributed by atoms with Gasteiger partial charge in [0.15, 0.2) is 12.3 Å². The van der Waals surface area contributed by atoms with Crippen molar-refractivity contribution >= 4 is 55.0 Å². The molecule has 2 heterocycles. The van der Waals surface area contributed by atoms with Crippen LogP contribution >= 0.6 is 27.3 Å². The Morgan fingerprint density at radius 2 is 1.90 bits per heavy atom. The number of rotatable bonds is 9. The number of ether oxygens (including phenoxy) is 2. The lowest BCUT2D eigenvalue weighted by atomic mass is 9.87. The van der Waals surface area contributed by atoms with Crippen molar-refractivity contribution in [1.29, 1.82) is 0 Å². The number of thiazole rings is 1. The molecule has 0 atom stereocenters. The van der Waals surface area contributed by atoms with Crippen molar-refractivity contribution in [3.63, 3.8) is 0 Å². The number of aliphatic hydroxyl groups excluding tert-OH is 2. The number of aromatic nitrogens is 1. The standard InChI is InChI=1S/C32H27BrN2O5S/c1-20-7-9-26-28(15-20)41-30(35(26)19-21-5-3-2-4-6-21)18-24-31(37)23(32(24)38)17-29-34(11-13-39-14-12-36)25-10-8-22(33)16-27(25)40-29/h2-10,15-18,36H,11-14,19H2,1H3/p+1. The molecule has 0 fully saturated rings. The molecule has 4 aromatic rings. The Morgan fingerprint density at radius 1 is 1.07 bits per heavy atom. The van der Waals surface area contributed by atoms with E-state index in [-0.39, 0.29) is 35.9 Å². The van der Waals surface area contributed by atoms with Gasteiger partial charge >= 0.3 is 0 Å². The zero-order chi connectivity index (χ0) is 28.5. The highest BCUT2D eigenvalue weighted by Gasteiger charge is 2.36. The van der Waals surface area contributed by atoms with Crippen LogP contribution in [0.3, 0.4) is 0 Å². The number of ketones is 1. The van der Waals surface area contributed by atoms with Gasteiger partial charge in [-0.2, -0.15) is 4.57 Å². The molecule has 41 heavy (non-hydrogen) atoms. The van der Waals surface area contributed by atoms with Gasteiger partial charge < -0.3 is 24.6 Å².